The lowest BCUT2D eigenvalue weighted by Gasteiger charge is -2.34. The zero-order valence-electron chi connectivity index (χ0n) is 13.7. The summed E-state index contributed by atoms with van der Waals surface area (Å²) < 4.78 is 34.3. The molecule has 0 amide bonds. The number of rotatable bonds is 6. The summed E-state index contributed by atoms with van der Waals surface area (Å²) in [6, 6.07) is 1.10. The van der Waals surface area contributed by atoms with Gasteiger partial charge < -0.3 is 9.84 Å². The van der Waals surface area contributed by atoms with Crippen molar-refractivity contribution in [1.82, 2.24) is 9.55 Å². The Kier molecular flexibility index (Phi) is 6.35. The molecule has 2 N–H and O–H groups in total. The summed E-state index contributed by atoms with van der Waals surface area (Å²) in [6.45, 7) is 2.50. The number of hydrogen-bond donors (Lipinski definition) is 2. The molecule has 1 aromatic heterocycles. The molecule has 0 saturated carbocycles. The van der Waals surface area contributed by atoms with Crippen molar-refractivity contribution < 1.29 is 28.0 Å². The number of nitrogens with one attached hydrogen (secondary N) is 1. The Hall–Kier alpha value is -1.73. The van der Waals surface area contributed by atoms with Crippen molar-refractivity contribution in [3.8, 4) is 12.3 Å². The van der Waals surface area contributed by atoms with Gasteiger partial charge in [0, 0.05) is 12.3 Å². The van der Waals surface area contributed by atoms with Crippen LogP contribution in [-0.4, -0.2) is 46.2 Å². The molecule has 2 heterocycles. The van der Waals surface area contributed by atoms with Crippen LogP contribution in [0.1, 0.15) is 20.1 Å². The number of phosphoric acid groups is 1. The Bertz CT molecular complexity index is 795. The van der Waals surface area contributed by atoms with Crippen LogP contribution in [0, 0.1) is 12.3 Å². The topological polar surface area (TPSA) is 129 Å². The van der Waals surface area contributed by atoms with Gasteiger partial charge in [0.1, 0.15) is 6.10 Å². The quantitative estimate of drug-likeness (QED) is 0.526. The van der Waals surface area contributed by atoms with Crippen molar-refractivity contribution in [3.05, 3.63) is 33.1 Å². The molecule has 0 bridgehead atoms. The number of aliphatic hydroxyl groups excluding tert-OH is 1. The molecule has 1 aliphatic rings. The van der Waals surface area contributed by atoms with Gasteiger partial charge in [-0.1, -0.05) is 5.92 Å². The van der Waals surface area contributed by atoms with Crippen molar-refractivity contribution in [2.24, 2.45) is 0 Å². The second-order valence-electron chi connectivity index (χ2n) is 5.42. The largest absolute Gasteiger partial charge is 0.476 e. The van der Waals surface area contributed by atoms with Gasteiger partial charge in [0.05, 0.1) is 19.3 Å². The molecule has 0 aromatic carbocycles. The predicted molar refractivity (Wildman–Crippen MR) is 85.8 cm³/mol. The molecule has 0 spiro atoms. The van der Waals surface area contributed by atoms with Gasteiger partial charge in [-0.25, -0.2) is 9.36 Å². The van der Waals surface area contributed by atoms with Crippen LogP contribution in [0.3, 0.4) is 0 Å². The first kappa shape index (κ1) is 19.6. The van der Waals surface area contributed by atoms with Crippen molar-refractivity contribution in [3.63, 3.8) is 0 Å². The van der Waals surface area contributed by atoms with Crippen LogP contribution in [0.2, 0.25) is 0 Å². The highest BCUT2D eigenvalue weighted by Gasteiger charge is 2.42. The van der Waals surface area contributed by atoms with Crippen molar-refractivity contribution in [2.45, 2.75) is 38.4 Å². The summed E-state index contributed by atoms with van der Waals surface area (Å²) in [4.78, 5) is 25.0. The van der Waals surface area contributed by atoms with Crippen LogP contribution in [0.25, 0.3) is 0 Å². The summed E-state index contributed by atoms with van der Waals surface area (Å²) in [5, 5.41) is 9.49. The average molecular weight is 374 g/mol. The Labute approximate surface area is 143 Å². The summed E-state index contributed by atoms with van der Waals surface area (Å²) in [5.41, 5.74) is -1.36. The van der Waals surface area contributed by atoms with E-state index in [0.717, 1.165) is 10.6 Å². The highest BCUT2D eigenvalue weighted by molar-refractivity contribution is 7.48. The highest BCUT2D eigenvalue weighted by Crippen LogP contribution is 2.54. The number of H-pyrrole nitrogens is 1. The van der Waals surface area contributed by atoms with Crippen molar-refractivity contribution in [2.75, 3.05) is 13.2 Å². The van der Waals surface area contributed by atoms with E-state index in [4.69, 9.17) is 24.7 Å². The summed E-state index contributed by atoms with van der Waals surface area (Å²) in [7, 11) is -3.82. The van der Waals surface area contributed by atoms with E-state index in [1.807, 2.05) is 4.98 Å². The third-order valence-corrected chi connectivity index (χ3v) is 4.76. The second kappa shape index (κ2) is 8.10. The normalized spacial score (nSPS) is 27.8. The van der Waals surface area contributed by atoms with Crippen molar-refractivity contribution in [1.29, 1.82) is 0 Å². The summed E-state index contributed by atoms with van der Waals surface area (Å²) >= 11 is 0. The van der Waals surface area contributed by atoms with E-state index in [1.54, 1.807) is 13.8 Å². The van der Waals surface area contributed by atoms with E-state index in [0.29, 0.717) is 0 Å². The molecule has 2 rings (SSSR count). The fourth-order valence-electron chi connectivity index (χ4n) is 2.10. The maximum absolute atomic E-state index is 12.3. The molecular weight excluding hydrogens is 355 g/mol. The maximum Gasteiger partial charge on any atom is 0.476 e. The third kappa shape index (κ3) is 4.89. The Morgan fingerprint density at radius 2 is 2.28 bits per heavy atom. The van der Waals surface area contributed by atoms with Gasteiger partial charge >= 0.3 is 13.5 Å². The minimum atomic E-state index is -3.82. The number of hydrogen-bond acceptors (Lipinski definition) is 8. The molecule has 0 aliphatic carbocycles. The van der Waals surface area contributed by atoms with Crippen LogP contribution < -0.4 is 11.2 Å². The number of ether oxygens (including phenoxy) is 1. The Balaban J connectivity index is 2.15. The SMILES string of the molecule is C#C[C@@H]1OP(=O)(OC(C)C)OC[C@H]1O[C@H](CO)n1ccc(=O)[nH]c1=O. The number of nitrogens with zero attached hydrogens (tertiary/aromatic N) is 1. The minimum absolute atomic E-state index is 0.229. The van der Waals surface area contributed by atoms with Gasteiger partial charge in [0.15, 0.2) is 12.3 Å². The molecule has 25 heavy (non-hydrogen) atoms. The lowest BCUT2D eigenvalue weighted by atomic mass is 10.2. The van der Waals surface area contributed by atoms with E-state index >= 15 is 0 Å². The lowest BCUT2D eigenvalue weighted by molar-refractivity contribution is -0.143. The molecule has 138 valence electrons. The number of phosphoric ester groups is 1. The molecule has 0 radical (unpaired) electrons. The zero-order chi connectivity index (χ0) is 18.6. The first-order valence-electron chi connectivity index (χ1n) is 7.43. The number of terminal acetylenes is 1. The third-order valence-electron chi connectivity index (χ3n) is 3.13. The van der Waals surface area contributed by atoms with Gasteiger partial charge in [0.2, 0.25) is 0 Å². The first-order chi connectivity index (χ1) is 11.8. The van der Waals surface area contributed by atoms with Gasteiger partial charge in [-0.15, -0.1) is 6.42 Å². The molecule has 4 atom stereocenters. The smallest absolute Gasteiger partial charge is 0.392 e. The Morgan fingerprint density at radius 3 is 2.84 bits per heavy atom. The molecule has 1 unspecified atom stereocenters. The summed E-state index contributed by atoms with van der Waals surface area (Å²) in [5.74, 6) is 2.28. The molecule has 1 aromatic rings. The van der Waals surface area contributed by atoms with Gasteiger partial charge in [0.25, 0.3) is 5.56 Å². The monoisotopic (exact) mass is 374 g/mol. The molecule has 10 nitrogen and oxygen atoms in total. The number of aromatic nitrogens is 2. The Morgan fingerprint density at radius 1 is 1.56 bits per heavy atom. The average Bonchev–Trinajstić information content (AvgIpc) is 2.53. The predicted octanol–water partition coefficient (Wildman–Crippen LogP) is -0.00560. The number of aliphatic hydroxyl groups is 1. The van der Waals surface area contributed by atoms with Gasteiger partial charge in [-0.2, -0.15) is 0 Å². The summed E-state index contributed by atoms with van der Waals surface area (Å²) in [6.07, 6.45) is 3.00. The molecule has 1 fully saturated rings. The van der Waals surface area contributed by atoms with E-state index < -0.39 is 50.2 Å². The molecule has 1 aliphatic heterocycles. The number of aromatic amines is 1. The van der Waals surface area contributed by atoms with E-state index in [-0.39, 0.29) is 6.61 Å². The second-order valence-corrected chi connectivity index (χ2v) is 6.99. The first-order valence-corrected chi connectivity index (χ1v) is 8.89. The van der Waals surface area contributed by atoms with E-state index in [2.05, 4.69) is 5.92 Å². The maximum atomic E-state index is 12.3. The standard InChI is InChI=1S/C14H19N2O8P/c1-4-10-11(8-21-25(20,24-10)23-9(2)3)22-13(7-17)16-6-5-12(18)15-14(16)19/h1,5-6,9-11,13,17H,7-8H2,2-3H3,(H,15,18,19)/t10-,11+,13+,25?/m0/s1. The minimum Gasteiger partial charge on any atom is -0.392 e. The fourth-order valence-corrected chi connectivity index (χ4v) is 3.60. The van der Waals surface area contributed by atoms with Crippen LogP contribution in [0.15, 0.2) is 21.9 Å². The van der Waals surface area contributed by atoms with Crippen LogP contribution in [0.5, 0.6) is 0 Å². The zero-order valence-corrected chi connectivity index (χ0v) is 14.5. The van der Waals surface area contributed by atoms with Crippen molar-refractivity contribution >= 4 is 7.82 Å². The van der Waals surface area contributed by atoms with E-state index in [9.17, 15) is 19.3 Å². The van der Waals surface area contributed by atoms with Crippen LogP contribution >= 0.6 is 7.82 Å². The fraction of sp³-hybridized carbons (Fsp3) is 0.571. The highest BCUT2D eigenvalue weighted by atomic mass is 31.2. The van der Waals surface area contributed by atoms with Crippen LogP contribution in [-0.2, 0) is 22.9 Å². The van der Waals surface area contributed by atoms with Gasteiger partial charge in [-0.3, -0.25) is 27.9 Å². The molecule has 11 heteroatoms. The molecular formula is C14H19N2O8P. The molecule has 1 saturated heterocycles. The van der Waals surface area contributed by atoms with E-state index in [1.165, 1.54) is 6.20 Å². The van der Waals surface area contributed by atoms with Crippen LogP contribution in [0.4, 0.5) is 0 Å². The lowest BCUT2D eigenvalue weighted by Crippen LogP contribution is -2.43. The van der Waals surface area contributed by atoms with Gasteiger partial charge in [-0.05, 0) is 13.8 Å².